The number of nitrogens with one attached hydrogen (secondary N) is 1. The van der Waals surface area contributed by atoms with Gasteiger partial charge in [0.25, 0.3) is 5.91 Å². The van der Waals surface area contributed by atoms with Crippen LogP contribution in [0.15, 0.2) is 54.9 Å². The SMILES string of the molecule is CCC(C)COc1ccc(NC(=O)c2cccc3c2OCCN3c2ccc(C)cn2)cn1.CO. The zero-order chi connectivity index (χ0) is 24.5. The Kier molecular flexibility index (Phi) is 8.81. The first-order valence-electron chi connectivity index (χ1n) is 11.4. The highest BCUT2D eigenvalue weighted by molar-refractivity contribution is 6.07. The van der Waals surface area contributed by atoms with Gasteiger partial charge in [-0.05, 0) is 42.7 Å². The van der Waals surface area contributed by atoms with Crippen molar-refractivity contribution >= 4 is 23.1 Å². The summed E-state index contributed by atoms with van der Waals surface area (Å²) in [6.45, 7) is 8.02. The fourth-order valence-electron chi connectivity index (χ4n) is 3.37. The van der Waals surface area contributed by atoms with E-state index < -0.39 is 0 Å². The number of hydrogen-bond donors (Lipinski definition) is 2. The molecule has 0 radical (unpaired) electrons. The van der Waals surface area contributed by atoms with E-state index in [2.05, 4.69) is 34.0 Å². The second-order valence-corrected chi connectivity index (χ2v) is 8.01. The molecule has 1 amide bonds. The van der Waals surface area contributed by atoms with Crippen LogP contribution in [0, 0.1) is 12.8 Å². The van der Waals surface area contributed by atoms with Crippen LogP contribution in [0.2, 0.25) is 0 Å². The van der Waals surface area contributed by atoms with Crippen LogP contribution in [0.1, 0.15) is 36.2 Å². The van der Waals surface area contributed by atoms with Crippen molar-refractivity contribution in [1.29, 1.82) is 0 Å². The molecule has 3 aromatic rings. The van der Waals surface area contributed by atoms with Crippen LogP contribution < -0.4 is 19.7 Å². The smallest absolute Gasteiger partial charge is 0.259 e. The molecule has 1 atom stereocenters. The number of para-hydroxylation sites is 1. The summed E-state index contributed by atoms with van der Waals surface area (Å²) in [4.78, 5) is 23.9. The standard InChI is InChI=1S/C25H28N4O3.CH4O/c1-4-17(2)16-32-23-11-9-19(15-27-23)28-25(30)20-6-5-7-21-24(20)31-13-12-29(21)22-10-8-18(3)14-26-22;1-2/h5-11,14-15,17H,4,12-13,16H2,1-3H3,(H,28,30);2H,1H3. The molecule has 8 nitrogen and oxygen atoms in total. The van der Waals surface area contributed by atoms with E-state index in [9.17, 15) is 4.79 Å². The van der Waals surface area contributed by atoms with E-state index in [-0.39, 0.29) is 5.91 Å². The Morgan fingerprint density at radius 2 is 2.00 bits per heavy atom. The van der Waals surface area contributed by atoms with Gasteiger partial charge in [0, 0.05) is 19.4 Å². The lowest BCUT2D eigenvalue weighted by atomic mass is 10.1. The van der Waals surface area contributed by atoms with Gasteiger partial charge < -0.3 is 24.8 Å². The molecule has 0 saturated carbocycles. The third-order valence-electron chi connectivity index (χ3n) is 5.47. The highest BCUT2D eigenvalue weighted by atomic mass is 16.5. The number of benzene rings is 1. The molecule has 1 aliphatic rings. The normalized spacial score (nSPS) is 13.0. The first-order valence-corrected chi connectivity index (χ1v) is 11.4. The molecule has 4 rings (SSSR count). The highest BCUT2D eigenvalue weighted by Gasteiger charge is 2.25. The quantitative estimate of drug-likeness (QED) is 0.527. The third kappa shape index (κ3) is 6.02. The molecule has 0 aliphatic carbocycles. The molecular formula is C26H32N4O4. The summed E-state index contributed by atoms with van der Waals surface area (Å²) < 4.78 is 11.6. The predicted molar refractivity (Wildman–Crippen MR) is 133 cm³/mol. The Balaban J connectivity index is 0.00000158. The van der Waals surface area contributed by atoms with Crippen LogP contribution in [0.3, 0.4) is 0 Å². The number of hydrogen-bond acceptors (Lipinski definition) is 7. The average Bonchev–Trinajstić information content (AvgIpc) is 2.89. The van der Waals surface area contributed by atoms with Gasteiger partial charge in [-0.25, -0.2) is 9.97 Å². The van der Waals surface area contributed by atoms with E-state index >= 15 is 0 Å². The number of aryl methyl sites for hydroxylation is 1. The van der Waals surface area contributed by atoms with Crippen LogP contribution >= 0.6 is 0 Å². The number of aromatic nitrogens is 2. The largest absolute Gasteiger partial charge is 0.489 e. The number of anilines is 3. The third-order valence-corrected chi connectivity index (χ3v) is 5.47. The molecule has 2 aromatic heterocycles. The lowest BCUT2D eigenvalue weighted by Crippen LogP contribution is -2.30. The van der Waals surface area contributed by atoms with E-state index in [1.165, 1.54) is 0 Å². The fraction of sp³-hybridized carbons (Fsp3) is 0.346. The van der Waals surface area contributed by atoms with Gasteiger partial charge in [0.1, 0.15) is 12.4 Å². The summed E-state index contributed by atoms with van der Waals surface area (Å²) >= 11 is 0. The van der Waals surface area contributed by atoms with Gasteiger partial charge in [0.05, 0.1) is 36.3 Å². The summed E-state index contributed by atoms with van der Waals surface area (Å²) in [6, 6.07) is 13.1. The van der Waals surface area contributed by atoms with Crippen molar-refractivity contribution < 1.29 is 19.4 Å². The maximum atomic E-state index is 13.0. The number of amides is 1. The molecule has 180 valence electrons. The van der Waals surface area contributed by atoms with Crippen molar-refractivity contribution in [2.45, 2.75) is 27.2 Å². The minimum atomic E-state index is -0.254. The second-order valence-electron chi connectivity index (χ2n) is 8.01. The molecular weight excluding hydrogens is 432 g/mol. The summed E-state index contributed by atoms with van der Waals surface area (Å²) in [5.41, 5.74) is 2.99. The number of aliphatic hydroxyl groups is 1. The molecule has 2 N–H and O–H groups in total. The van der Waals surface area contributed by atoms with E-state index in [1.807, 2.05) is 37.4 Å². The maximum absolute atomic E-state index is 13.0. The molecule has 1 aromatic carbocycles. The van der Waals surface area contributed by atoms with E-state index in [4.69, 9.17) is 14.6 Å². The van der Waals surface area contributed by atoms with Gasteiger partial charge in [-0.15, -0.1) is 0 Å². The summed E-state index contributed by atoms with van der Waals surface area (Å²) in [7, 11) is 1.00. The predicted octanol–water partition coefficient (Wildman–Crippen LogP) is 4.60. The second kappa shape index (κ2) is 12.0. The monoisotopic (exact) mass is 464 g/mol. The Morgan fingerprint density at radius 1 is 1.18 bits per heavy atom. The van der Waals surface area contributed by atoms with Crippen LogP contribution in [0.4, 0.5) is 17.2 Å². The summed E-state index contributed by atoms with van der Waals surface area (Å²) in [5.74, 6) is 2.14. The molecule has 34 heavy (non-hydrogen) atoms. The molecule has 0 saturated heterocycles. The van der Waals surface area contributed by atoms with Crippen molar-refractivity contribution in [2.24, 2.45) is 5.92 Å². The zero-order valence-electron chi connectivity index (χ0n) is 20.1. The minimum absolute atomic E-state index is 0.254. The van der Waals surface area contributed by atoms with Gasteiger partial charge >= 0.3 is 0 Å². The number of carbonyl (C=O) groups excluding carboxylic acids is 1. The van der Waals surface area contributed by atoms with Gasteiger partial charge in [-0.2, -0.15) is 0 Å². The molecule has 3 heterocycles. The minimum Gasteiger partial charge on any atom is -0.489 e. The lowest BCUT2D eigenvalue weighted by Gasteiger charge is -2.31. The molecule has 0 bridgehead atoms. The molecule has 0 fully saturated rings. The topological polar surface area (TPSA) is 96.8 Å². The maximum Gasteiger partial charge on any atom is 0.259 e. The van der Waals surface area contributed by atoms with Crippen LogP contribution in [0.5, 0.6) is 11.6 Å². The van der Waals surface area contributed by atoms with Crippen molar-refractivity contribution in [1.82, 2.24) is 9.97 Å². The number of aliphatic hydroxyl groups excluding tert-OH is 1. The lowest BCUT2D eigenvalue weighted by molar-refractivity contribution is 0.102. The zero-order valence-corrected chi connectivity index (χ0v) is 20.1. The molecule has 8 heteroatoms. The first kappa shape index (κ1) is 25.0. The Bertz CT molecular complexity index is 1070. The number of fused-ring (bicyclic) bond motifs is 1. The number of nitrogens with zero attached hydrogens (tertiary/aromatic N) is 3. The van der Waals surface area contributed by atoms with Crippen LogP contribution in [0.25, 0.3) is 0 Å². The summed E-state index contributed by atoms with van der Waals surface area (Å²) in [5, 5.41) is 9.90. The first-order chi connectivity index (χ1) is 16.5. The van der Waals surface area contributed by atoms with Crippen molar-refractivity contribution in [3.05, 3.63) is 66.0 Å². The van der Waals surface area contributed by atoms with Crippen molar-refractivity contribution in [2.75, 3.05) is 37.1 Å². The van der Waals surface area contributed by atoms with Gasteiger partial charge in [-0.3, -0.25) is 4.79 Å². The van der Waals surface area contributed by atoms with E-state index in [0.29, 0.717) is 48.6 Å². The van der Waals surface area contributed by atoms with Gasteiger partial charge in [0.2, 0.25) is 5.88 Å². The molecule has 0 spiro atoms. The van der Waals surface area contributed by atoms with E-state index in [1.54, 1.807) is 24.4 Å². The number of rotatable bonds is 7. The Hall–Kier alpha value is -3.65. The summed E-state index contributed by atoms with van der Waals surface area (Å²) in [6.07, 6.45) is 4.49. The number of pyridine rings is 2. The fourth-order valence-corrected chi connectivity index (χ4v) is 3.37. The molecule has 1 aliphatic heterocycles. The van der Waals surface area contributed by atoms with Crippen LogP contribution in [-0.2, 0) is 0 Å². The highest BCUT2D eigenvalue weighted by Crippen LogP contribution is 2.38. The molecule has 1 unspecified atom stereocenters. The van der Waals surface area contributed by atoms with Crippen LogP contribution in [-0.4, -0.2) is 47.8 Å². The Morgan fingerprint density at radius 3 is 2.68 bits per heavy atom. The number of carbonyl (C=O) groups is 1. The average molecular weight is 465 g/mol. The van der Waals surface area contributed by atoms with E-state index in [0.717, 1.165) is 30.6 Å². The Labute approximate surface area is 200 Å². The number of ether oxygens (including phenoxy) is 2. The van der Waals surface area contributed by atoms with Gasteiger partial charge in [0.15, 0.2) is 5.75 Å². The van der Waals surface area contributed by atoms with Crippen molar-refractivity contribution in [3.8, 4) is 11.6 Å². The van der Waals surface area contributed by atoms with Gasteiger partial charge in [-0.1, -0.05) is 32.4 Å². The van der Waals surface area contributed by atoms with Crippen molar-refractivity contribution in [3.63, 3.8) is 0 Å².